The van der Waals surface area contributed by atoms with Crippen LogP contribution < -0.4 is 5.32 Å². The summed E-state index contributed by atoms with van der Waals surface area (Å²) < 4.78 is 4.99. The van der Waals surface area contributed by atoms with Gasteiger partial charge >= 0.3 is 5.97 Å². The van der Waals surface area contributed by atoms with Crippen molar-refractivity contribution in [1.29, 1.82) is 0 Å². The van der Waals surface area contributed by atoms with Gasteiger partial charge in [-0.3, -0.25) is 14.8 Å². The van der Waals surface area contributed by atoms with Gasteiger partial charge in [0.25, 0.3) is 5.91 Å². The first-order valence-corrected chi connectivity index (χ1v) is 6.77. The van der Waals surface area contributed by atoms with E-state index in [0.29, 0.717) is 16.6 Å². The summed E-state index contributed by atoms with van der Waals surface area (Å²) in [6, 6.07) is 4.95. The maximum atomic E-state index is 11.9. The molecule has 2 rings (SSSR count). The molecular formula is C15H17N3O3. The van der Waals surface area contributed by atoms with Gasteiger partial charge in [-0.2, -0.15) is 0 Å². The standard InChI is InChI=1S/C15H17N3O3/c1-3-10(2)18-14(19)9-21-15(20)11-4-5-12-13(8-11)17-7-6-16-12/h4-8,10H,3,9H2,1-2H3,(H,18,19)/t10-/m1/s1. The predicted octanol–water partition coefficient (Wildman–Crippen LogP) is 1.70. The molecule has 0 unspecified atom stereocenters. The topological polar surface area (TPSA) is 81.2 Å². The number of nitrogens with zero attached hydrogens (tertiary/aromatic N) is 2. The molecular weight excluding hydrogens is 270 g/mol. The first-order valence-electron chi connectivity index (χ1n) is 6.77. The molecule has 1 heterocycles. The Morgan fingerprint density at radius 2 is 1.95 bits per heavy atom. The highest BCUT2D eigenvalue weighted by molar-refractivity contribution is 5.94. The lowest BCUT2D eigenvalue weighted by Gasteiger charge is -2.11. The lowest BCUT2D eigenvalue weighted by atomic mass is 10.2. The second-order valence-electron chi connectivity index (χ2n) is 4.71. The van der Waals surface area contributed by atoms with Crippen LogP contribution in [0.4, 0.5) is 0 Å². The fraction of sp³-hybridized carbons (Fsp3) is 0.333. The third-order valence-electron chi connectivity index (χ3n) is 3.06. The van der Waals surface area contributed by atoms with E-state index in [2.05, 4.69) is 15.3 Å². The molecule has 0 saturated heterocycles. The fourth-order valence-corrected chi connectivity index (χ4v) is 1.72. The minimum absolute atomic E-state index is 0.0622. The molecule has 0 fully saturated rings. The van der Waals surface area contributed by atoms with Gasteiger partial charge in [-0.15, -0.1) is 0 Å². The van der Waals surface area contributed by atoms with E-state index < -0.39 is 5.97 Å². The van der Waals surface area contributed by atoms with Gasteiger partial charge in [0, 0.05) is 18.4 Å². The number of hydrogen-bond donors (Lipinski definition) is 1. The van der Waals surface area contributed by atoms with Crippen molar-refractivity contribution in [1.82, 2.24) is 15.3 Å². The molecule has 0 spiro atoms. The van der Waals surface area contributed by atoms with Crippen molar-refractivity contribution in [2.45, 2.75) is 26.3 Å². The van der Waals surface area contributed by atoms with Crippen LogP contribution in [0.5, 0.6) is 0 Å². The zero-order valence-electron chi connectivity index (χ0n) is 12.0. The molecule has 0 saturated carbocycles. The third kappa shape index (κ3) is 3.98. The van der Waals surface area contributed by atoms with E-state index in [1.165, 1.54) is 0 Å². The largest absolute Gasteiger partial charge is 0.452 e. The van der Waals surface area contributed by atoms with Gasteiger partial charge in [0.1, 0.15) is 0 Å². The average Bonchev–Trinajstić information content (AvgIpc) is 2.51. The van der Waals surface area contributed by atoms with Crippen LogP contribution in [0.15, 0.2) is 30.6 Å². The highest BCUT2D eigenvalue weighted by Crippen LogP contribution is 2.11. The van der Waals surface area contributed by atoms with Crippen LogP contribution in [0.1, 0.15) is 30.6 Å². The second kappa shape index (κ2) is 6.78. The molecule has 2 aromatic rings. The van der Waals surface area contributed by atoms with Gasteiger partial charge in [-0.25, -0.2) is 4.79 Å². The summed E-state index contributed by atoms with van der Waals surface area (Å²) in [6.07, 6.45) is 3.96. The average molecular weight is 287 g/mol. The third-order valence-corrected chi connectivity index (χ3v) is 3.06. The number of fused-ring (bicyclic) bond motifs is 1. The van der Waals surface area contributed by atoms with Crippen LogP contribution >= 0.6 is 0 Å². The molecule has 1 amide bonds. The van der Waals surface area contributed by atoms with E-state index in [1.54, 1.807) is 30.6 Å². The number of esters is 1. The van der Waals surface area contributed by atoms with Crippen molar-refractivity contribution in [2.75, 3.05) is 6.61 Å². The van der Waals surface area contributed by atoms with Gasteiger partial charge < -0.3 is 10.1 Å². The summed E-state index contributed by atoms with van der Waals surface area (Å²) in [5.41, 5.74) is 1.65. The Balaban J connectivity index is 1.97. The summed E-state index contributed by atoms with van der Waals surface area (Å²) in [5.74, 6) is -0.861. The van der Waals surface area contributed by atoms with E-state index in [-0.39, 0.29) is 18.6 Å². The van der Waals surface area contributed by atoms with Crippen LogP contribution in [0.25, 0.3) is 11.0 Å². The molecule has 110 valence electrons. The number of carbonyl (C=O) groups excluding carboxylic acids is 2. The lowest BCUT2D eigenvalue weighted by molar-refractivity contribution is -0.124. The Hall–Kier alpha value is -2.50. The number of aromatic nitrogens is 2. The van der Waals surface area contributed by atoms with Crippen molar-refractivity contribution in [3.63, 3.8) is 0 Å². The van der Waals surface area contributed by atoms with Crippen molar-refractivity contribution < 1.29 is 14.3 Å². The molecule has 0 bridgehead atoms. The lowest BCUT2D eigenvalue weighted by Crippen LogP contribution is -2.35. The molecule has 0 radical (unpaired) electrons. The van der Waals surface area contributed by atoms with E-state index in [9.17, 15) is 9.59 Å². The molecule has 0 aliphatic rings. The molecule has 1 atom stereocenters. The Morgan fingerprint density at radius 1 is 1.24 bits per heavy atom. The zero-order valence-corrected chi connectivity index (χ0v) is 12.0. The molecule has 1 aromatic carbocycles. The smallest absolute Gasteiger partial charge is 0.338 e. The van der Waals surface area contributed by atoms with E-state index in [1.807, 2.05) is 13.8 Å². The van der Waals surface area contributed by atoms with Gasteiger partial charge in [0.15, 0.2) is 6.61 Å². The van der Waals surface area contributed by atoms with E-state index in [0.717, 1.165) is 6.42 Å². The van der Waals surface area contributed by atoms with Crippen molar-refractivity contribution in [3.05, 3.63) is 36.2 Å². The number of benzene rings is 1. The maximum absolute atomic E-state index is 11.9. The molecule has 21 heavy (non-hydrogen) atoms. The van der Waals surface area contributed by atoms with E-state index >= 15 is 0 Å². The Kier molecular flexibility index (Phi) is 4.81. The Morgan fingerprint density at radius 3 is 2.67 bits per heavy atom. The Bertz CT molecular complexity index is 657. The number of nitrogens with one attached hydrogen (secondary N) is 1. The highest BCUT2D eigenvalue weighted by Gasteiger charge is 2.12. The molecule has 1 N–H and O–H groups in total. The highest BCUT2D eigenvalue weighted by atomic mass is 16.5. The summed E-state index contributed by atoms with van der Waals surface area (Å²) >= 11 is 0. The van der Waals surface area contributed by atoms with E-state index in [4.69, 9.17) is 4.74 Å². The molecule has 6 nitrogen and oxygen atoms in total. The summed E-state index contributed by atoms with van der Waals surface area (Å²) in [5, 5.41) is 2.73. The minimum Gasteiger partial charge on any atom is -0.452 e. The van der Waals surface area contributed by atoms with Crippen molar-refractivity contribution >= 4 is 22.9 Å². The van der Waals surface area contributed by atoms with Gasteiger partial charge in [0.2, 0.25) is 0 Å². The monoisotopic (exact) mass is 287 g/mol. The van der Waals surface area contributed by atoms with Crippen LogP contribution in [-0.2, 0) is 9.53 Å². The normalized spacial score (nSPS) is 11.9. The number of rotatable bonds is 5. The molecule has 1 aromatic heterocycles. The van der Waals surface area contributed by atoms with Gasteiger partial charge in [-0.05, 0) is 31.5 Å². The number of amides is 1. The quantitative estimate of drug-likeness (QED) is 0.846. The van der Waals surface area contributed by atoms with Crippen molar-refractivity contribution in [3.8, 4) is 0 Å². The number of carbonyl (C=O) groups is 2. The summed E-state index contributed by atoms with van der Waals surface area (Å²) in [7, 11) is 0. The number of hydrogen-bond acceptors (Lipinski definition) is 5. The molecule has 6 heteroatoms. The van der Waals surface area contributed by atoms with Crippen molar-refractivity contribution in [2.24, 2.45) is 0 Å². The van der Waals surface area contributed by atoms with Crippen LogP contribution in [-0.4, -0.2) is 34.5 Å². The first-order chi connectivity index (χ1) is 10.1. The zero-order chi connectivity index (χ0) is 15.2. The predicted molar refractivity (Wildman–Crippen MR) is 77.7 cm³/mol. The molecule has 0 aliphatic carbocycles. The van der Waals surface area contributed by atoms with Gasteiger partial charge in [0.05, 0.1) is 16.6 Å². The first kappa shape index (κ1) is 14.9. The Labute approximate surface area is 122 Å². The van der Waals surface area contributed by atoms with Gasteiger partial charge in [-0.1, -0.05) is 6.92 Å². The fourth-order valence-electron chi connectivity index (χ4n) is 1.72. The summed E-state index contributed by atoms with van der Waals surface area (Å²) in [4.78, 5) is 31.7. The minimum atomic E-state index is -0.554. The van der Waals surface area contributed by atoms with Crippen LogP contribution in [0.2, 0.25) is 0 Å². The van der Waals surface area contributed by atoms with Crippen LogP contribution in [0.3, 0.4) is 0 Å². The SMILES string of the molecule is CC[C@@H](C)NC(=O)COC(=O)c1ccc2nccnc2c1. The molecule has 0 aliphatic heterocycles. The summed E-state index contributed by atoms with van der Waals surface area (Å²) in [6.45, 7) is 3.57. The second-order valence-corrected chi connectivity index (χ2v) is 4.71. The maximum Gasteiger partial charge on any atom is 0.338 e. The van der Waals surface area contributed by atoms with Crippen LogP contribution in [0, 0.1) is 0 Å². The number of ether oxygens (including phenoxy) is 1.